The maximum atomic E-state index is 12.0. The number of rotatable bonds is 4. The van der Waals surface area contributed by atoms with Crippen molar-refractivity contribution in [2.45, 2.75) is 6.04 Å². The Morgan fingerprint density at radius 3 is 2.77 bits per heavy atom. The molecular formula is C14H19N7O. The van der Waals surface area contributed by atoms with Crippen molar-refractivity contribution in [1.29, 1.82) is 0 Å². The summed E-state index contributed by atoms with van der Waals surface area (Å²) in [6.45, 7) is 1.41. The van der Waals surface area contributed by atoms with E-state index < -0.39 is 0 Å². The van der Waals surface area contributed by atoms with Crippen LogP contribution in [0.5, 0.6) is 0 Å². The van der Waals surface area contributed by atoms with Crippen molar-refractivity contribution >= 4 is 17.7 Å². The highest BCUT2D eigenvalue weighted by atomic mass is 16.2. The normalized spacial score (nSPS) is 14.6. The molecule has 116 valence electrons. The molecule has 0 radical (unpaired) electrons. The van der Waals surface area contributed by atoms with E-state index in [1.807, 2.05) is 30.0 Å². The van der Waals surface area contributed by atoms with Crippen molar-refractivity contribution in [3.8, 4) is 0 Å². The summed E-state index contributed by atoms with van der Waals surface area (Å²) in [5, 5.41) is 7.05. The number of nitrogens with zero attached hydrogens (tertiary/aromatic N) is 6. The average molecular weight is 301 g/mol. The Balaban J connectivity index is 1.56. The Kier molecular flexibility index (Phi) is 3.66. The summed E-state index contributed by atoms with van der Waals surface area (Å²) in [5.74, 6) is 1.41. The van der Waals surface area contributed by atoms with Crippen LogP contribution in [0.4, 0.5) is 11.8 Å². The minimum atomic E-state index is -0.145. The number of carbonyl (C=O) groups is 1. The molecule has 2 aromatic heterocycles. The summed E-state index contributed by atoms with van der Waals surface area (Å²) >= 11 is 0. The van der Waals surface area contributed by atoms with Crippen LogP contribution in [-0.2, 0) is 7.05 Å². The second kappa shape index (κ2) is 5.63. The first-order valence-corrected chi connectivity index (χ1v) is 7.09. The quantitative estimate of drug-likeness (QED) is 0.849. The number of carbonyl (C=O) groups excluding carboxylic acids is 1. The number of aromatic nitrogens is 4. The molecule has 0 spiro atoms. The third-order valence-corrected chi connectivity index (χ3v) is 3.53. The smallest absolute Gasteiger partial charge is 0.272 e. The van der Waals surface area contributed by atoms with Crippen molar-refractivity contribution < 1.29 is 4.79 Å². The van der Waals surface area contributed by atoms with E-state index in [2.05, 4.69) is 20.4 Å². The predicted molar refractivity (Wildman–Crippen MR) is 83.0 cm³/mol. The SMILES string of the molecule is CN(C)c1ccnc(N2CC(NC(=O)c3ccn(C)n3)C2)n1. The van der Waals surface area contributed by atoms with Crippen molar-refractivity contribution in [1.82, 2.24) is 25.1 Å². The lowest BCUT2D eigenvalue weighted by molar-refractivity contribution is 0.0924. The second-order valence-electron chi connectivity index (χ2n) is 5.56. The van der Waals surface area contributed by atoms with Gasteiger partial charge in [-0.15, -0.1) is 0 Å². The van der Waals surface area contributed by atoms with Crippen LogP contribution >= 0.6 is 0 Å². The van der Waals surface area contributed by atoms with Crippen LogP contribution in [0.3, 0.4) is 0 Å². The zero-order chi connectivity index (χ0) is 15.7. The average Bonchev–Trinajstić information content (AvgIpc) is 2.89. The Morgan fingerprint density at radius 1 is 1.36 bits per heavy atom. The minimum Gasteiger partial charge on any atom is -0.363 e. The van der Waals surface area contributed by atoms with Crippen LogP contribution in [0, 0.1) is 0 Å². The summed E-state index contributed by atoms with van der Waals surface area (Å²) in [6.07, 6.45) is 3.50. The topological polar surface area (TPSA) is 79.2 Å². The fourth-order valence-electron chi connectivity index (χ4n) is 2.27. The standard InChI is InChI=1S/C14H19N7O/c1-19(2)12-4-6-15-14(17-12)21-8-10(9-21)16-13(22)11-5-7-20(3)18-11/h4-7,10H,8-9H2,1-3H3,(H,16,22). The number of hydrogen-bond acceptors (Lipinski definition) is 6. The highest BCUT2D eigenvalue weighted by Crippen LogP contribution is 2.18. The van der Waals surface area contributed by atoms with Crippen LogP contribution in [-0.4, -0.2) is 58.9 Å². The van der Waals surface area contributed by atoms with E-state index in [1.165, 1.54) is 0 Å². The van der Waals surface area contributed by atoms with Crippen LogP contribution in [0.2, 0.25) is 0 Å². The molecule has 1 aliphatic rings. The summed E-state index contributed by atoms with van der Waals surface area (Å²) in [4.78, 5) is 24.7. The molecule has 22 heavy (non-hydrogen) atoms. The van der Waals surface area contributed by atoms with E-state index >= 15 is 0 Å². The van der Waals surface area contributed by atoms with E-state index in [9.17, 15) is 4.79 Å². The predicted octanol–water partition coefficient (Wildman–Crippen LogP) is -0.105. The minimum absolute atomic E-state index is 0.0983. The van der Waals surface area contributed by atoms with Gasteiger partial charge in [0.15, 0.2) is 0 Å². The van der Waals surface area contributed by atoms with Crippen molar-refractivity contribution in [3.05, 3.63) is 30.2 Å². The van der Waals surface area contributed by atoms with E-state index in [4.69, 9.17) is 0 Å². The lowest BCUT2D eigenvalue weighted by Crippen LogP contribution is -2.60. The summed E-state index contributed by atoms with van der Waals surface area (Å²) in [5.41, 5.74) is 0.437. The Morgan fingerprint density at radius 2 is 2.14 bits per heavy atom. The first-order chi connectivity index (χ1) is 10.5. The van der Waals surface area contributed by atoms with E-state index in [0.29, 0.717) is 24.7 Å². The molecule has 1 N–H and O–H groups in total. The molecule has 1 aliphatic heterocycles. The van der Waals surface area contributed by atoms with Gasteiger partial charge in [-0.1, -0.05) is 0 Å². The molecule has 2 aromatic rings. The largest absolute Gasteiger partial charge is 0.363 e. The molecule has 0 atom stereocenters. The Hall–Kier alpha value is -2.64. The molecule has 1 saturated heterocycles. The molecule has 0 unspecified atom stereocenters. The first kappa shape index (κ1) is 14.3. The molecule has 8 heteroatoms. The van der Waals surface area contributed by atoms with Gasteiger partial charge < -0.3 is 15.1 Å². The number of amides is 1. The van der Waals surface area contributed by atoms with Crippen molar-refractivity contribution in [2.24, 2.45) is 7.05 Å². The van der Waals surface area contributed by atoms with Gasteiger partial charge in [0.2, 0.25) is 5.95 Å². The highest BCUT2D eigenvalue weighted by Gasteiger charge is 2.30. The van der Waals surface area contributed by atoms with Crippen LogP contribution in [0.25, 0.3) is 0 Å². The molecule has 0 saturated carbocycles. The molecule has 1 amide bonds. The second-order valence-corrected chi connectivity index (χ2v) is 5.56. The summed E-state index contributed by atoms with van der Waals surface area (Å²) in [6, 6.07) is 3.67. The van der Waals surface area contributed by atoms with Gasteiger partial charge in [-0.2, -0.15) is 10.1 Å². The summed E-state index contributed by atoms with van der Waals surface area (Å²) < 4.78 is 1.61. The molecular weight excluding hydrogens is 282 g/mol. The van der Waals surface area contributed by atoms with E-state index in [1.54, 1.807) is 30.2 Å². The molecule has 3 heterocycles. The Bertz CT molecular complexity index is 675. The van der Waals surface area contributed by atoms with Gasteiger partial charge in [0.25, 0.3) is 5.91 Å². The third kappa shape index (κ3) is 2.85. The molecule has 0 bridgehead atoms. The van der Waals surface area contributed by atoms with Gasteiger partial charge in [-0.25, -0.2) is 4.98 Å². The zero-order valence-corrected chi connectivity index (χ0v) is 12.9. The number of anilines is 2. The molecule has 0 aromatic carbocycles. The van der Waals surface area contributed by atoms with Gasteiger partial charge in [0.1, 0.15) is 11.5 Å². The van der Waals surface area contributed by atoms with Gasteiger partial charge >= 0.3 is 0 Å². The van der Waals surface area contributed by atoms with E-state index in [-0.39, 0.29) is 11.9 Å². The number of aryl methyl sites for hydroxylation is 1. The number of nitrogens with one attached hydrogen (secondary N) is 1. The Labute approximate surface area is 128 Å². The first-order valence-electron chi connectivity index (χ1n) is 7.09. The highest BCUT2D eigenvalue weighted by molar-refractivity contribution is 5.92. The van der Waals surface area contributed by atoms with Gasteiger partial charge in [-0.05, 0) is 12.1 Å². The monoisotopic (exact) mass is 301 g/mol. The molecule has 3 rings (SSSR count). The van der Waals surface area contributed by atoms with Gasteiger partial charge in [0, 0.05) is 46.6 Å². The van der Waals surface area contributed by atoms with Crippen LogP contribution in [0.1, 0.15) is 10.5 Å². The maximum Gasteiger partial charge on any atom is 0.272 e. The third-order valence-electron chi connectivity index (χ3n) is 3.53. The molecule has 0 aliphatic carbocycles. The maximum absolute atomic E-state index is 12.0. The lowest BCUT2D eigenvalue weighted by Gasteiger charge is -2.39. The van der Waals surface area contributed by atoms with Gasteiger partial charge in [-0.3, -0.25) is 9.48 Å². The molecule has 8 nitrogen and oxygen atoms in total. The van der Waals surface area contributed by atoms with Crippen LogP contribution in [0.15, 0.2) is 24.5 Å². The van der Waals surface area contributed by atoms with Crippen molar-refractivity contribution in [2.75, 3.05) is 37.0 Å². The van der Waals surface area contributed by atoms with Crippen LogP contribution < -0.4 is 15.1 Å². The number of hydrogen-bond donors (Lipinski definition) is 1. The zero-order valence-electron chi connectivity index (χ0n) is 12.9. The van der Waals surface area contributed by atoms with Gasteiger partial charge in [0.05, 0.1) is 6.04 Å². The fourth-order valence-corrected chi connectivity index (χ4v) is 2.27. The fraction of sp³-hybridized carbons (Fsp3) is 0.429. The van der Waals surface area contributed by atoms with Crippen molar-refractivity contribution in [3.63, 3.8) is 0 Å². The summed E-state index contributed by atoms with van der Waals surface area (Å²) in [7, 11) is 5.67. The lowest BCUT2D eigenvalue weighted by atomic mass is 10.1. The molecule has 1 fully saturated rings. The van der Waals surface area contributed by atoms with E-state index in [0.717, 1.165) is 5.82 Å².